The number of hydrogen-bond acceptors (Lipinski definition) is 4. The molecule has 1 aromatic rings. The van der Waals surface area contributed by atoms with Gasteiger partial charge in [0, 0.05) is 20.1 Å². The van der Waals surface area contributed by atoms with Crippen molar-refractivity contribution in [3.63, 3.8) is 0 Å². The summed E-state index contributed by atoms with van der Waals surface area (Å²) in [6.45, 7) is 3.73. The summed E-state index contributed by atoms with van der Waals surface area (Å²) in [5, 5.41) is 8.79. The first-order chi connectivity index (χ1) is 7.68. The largest absolute Gasteiger partial charge is 0.342 e. The molecule has 2 heterocycles. The van der Waals surface area contributed by atoms with Gasteiger partial charge in [-0.3, -0.25) is 4.79 Å². The topological polar surface area (TPSA) is 51.0 Å². The number of nitrogens with zero attached hydrogens (tertiary/aromatic N) is 4. The standard InChI is InChI=1S/C10H16N4OS/c1-8-11-12-10(13(8)2)16-7-9(15)14-5-3-4-6-14/h3-7H2,1-2H3. The van der Waals surface area contributed by atoms with Gasteiger partial charge in [0.25, 0.3) is 0 Å². The van der Waals surface area contributed by atoms with Crippen LogP contribution in [0.4, 0.5) is 0 Å². The lowest BCUT2D eigenvalue weighted by Gasteiger charge is -2.14. The van der Waals surface area contributed by atoms with E-state index in [-0.39, 0.29) is 5.91 Å². The third-order valence-electron chi connectivity index (χ3n) is 2.84. The minimum absolute atomic E-state index is 0.211. The number of carbonyl (C=O) groups excluding carboxylic acids is 1. The quantitative estimate of drug-likeness (QED) is 0.735. The smallest absolute Gasteiger partial charge is 0.233 e. The van der Waals surface area contributed by atoms with Gasteiger partial charge in [-0.25, -0.2) is 0 Å². The molecule has 1 fully saturated rings. The zero-order chi connectivity index (χ0) is 11.5. The molecule has 0 aromatic carbocycles. The minimum Gasteiger partial charge on any atom is -0.342 e. The van der Waals surface area contributed by atoms with E-state index in [9.17, 15) is 4.79 Å². The highest BCUT2D eigenvalue weighted by Crippen LogP contribution is 2.17. The molecular formula is C10H16N4OS. The van der Waals surface area contributed by atoms with Crippen LogP contribution in [-0.4, -0.2) is 44.4 Å². The van der Waals surface area contributed by atoms with Crippen molar-refractivity contribution >= 4 is 17.7 Å². The highest BCUT2D eigenvalue weighted by Gasteiger charge is 2.18. The summed E-state index contributed by atoms with van der Waals surface area (Å²) in [5.41, 5.74) is 0. The predicted octanol–water partition coefficient (Wildman–Crippen LogP) is 0.838. The molecule has 1 amide bonds. The van der Waals surface area contributed by atoms with E-state index in [1.165, 1.54) is 11.8 Å². The number of aryl methyl sites for hydroxylation is 1. The van der Waals surface area contributed by atoms with Crippen LogP contribution in [0.1, 0.15) is 18.7 Å². The third-order valence-corrected chi connectivity index (χ3v) is 3.84. The SMILES string of the molecule is Cc1nnc(SCC(=O)N2CCCC2)n1C. The van der Waals surface area contributed by atoms with Gasteiger partial charge in [-0.05, 0) is 19.8 Å². The molecule has 0 bridgehead atoms. The minimum atomic E-state index is 0.211. The Balaban J connectivity index is 1.87. The Kier molecular flexibility index (Phi) is 3.48. The Morgan fingerprint density at radius 1 is 1.38 bits per heavy atom. The van der Waals surface area contributed by atoms with E-state index in [4.69, 9.17) is 0 Å². The molecule has 1 saturated heterocycles. The fourth-order valence-corrected chi connectivity index (χ4v) is 2.56. The van der Waals surface area contributed by atoms with Crippen LogP contribution in [-0.2, 0) is 11.8 Å². The summed E-state index contributed by atoms with van der Waals surface area (Å²) in [6.07, 6.45) is 2.28. The zero-order valence-electron chi connectivity index (χ0n) is 9.64. The fourth-order valence-electron chi connectivity index (χ4n) is 1.70. The van der Waals surface area contributed by atoms with Gasteiger partial charge in [0.2, 0.25) is 5.91 Å². The van der Waals surface area contributed by atoms with Crippen LogP contribution < -0.4 is 0 Å². The highest BCUT2D eigenvalue weighted by molar-refractivity contribution is 7.99. The van der Waals surface area contributed by atoms with E-state index in [1.807, 2.05) is 23.4 Å². The monoisotopic (exact) mass is 240 g/mol. The van der Waals surface area contributed by atoms with Gasteiger partial charge >= 0.3 is 0 Å². The van der Waals surface area contributed by atoms with Gasteiger partial charge in [-0.15, -0.1) is 10.2 Å². The van der Waals surface area contributed by atoms with Gasteiger partial charge in [-0.1, -0.05) is 11.8 Å². The van der Waals surface area contributed by atoms with E-state index < -0.39 is 0 Å². The lowest BCUT2D eigenvalue weighted by Crippen LogP contribution is -2.29. The second-order valence-electron chi connectivity index (χ2n) is 3.97. The Morgan fingerprint density at radius 2 is 2.06 bits per heavy atom. The molecule has 16 heavy (non-hydrogen) atoms. The van der Waals surface area contributed by atoms with Crippen LogP contribution in [0.5, 0.6) is 0 Å². The van der Waals surface area contributed by atoms with Crippen molar-refractivity contribution in [2.75, 3.05) is 18.8 Å². The summed E-state index contributed by atoms with van der Waals surface area (Å²) in [7, 11) is 1.91. The van der Waals surface area contributed by atoms with Gasteiger partial charge in [0.05, 0.1) is 5.75 Å². The molecule has 1 aliphatic heterocycles. The molecule has 0 N–H and O–H groups in total. The van der Waals surface area contributed by atoms with Crippen LogP contribution in [0, 0.1) is 6.92 Å². The second-order valence-corrected chi connectivity index (χ2v) is 4.91. The molecule has 0 unspecified atom stereocenters. The molecular weight excluding hydrogens is 224 g/mol. The molecule has 0 spiro atoms. The Morgan fingerprint density at radius 3 is 2.62 bits per heavy atom. The van der Waals surface area contributed by atoms with Crippen LogP contribution in [0.3, 0.4) is 0 Å². The third kappa shape index (κ3) is 2.37. The lowest BCUT2D eigenvalue weighted by atomic mass is 10.4. The van der Waals surface area contributed by atoms with Crippen molar-refractivity contribution in [2.45, 2.75) is 24.9 Å². The molecule has 0 saturated carbocycles. The average Bonchev–Trinajstić information content (AvgIpc) is 2.89. The van der Waals surface area contributed by atoms with Crippen LogP contribution in [0.25, 0.3) is 0 Å². The van der Waals surface area contributed by atoms with Gasteiger partial charge in [0.1, 0.15) is 5.82 Å². The Labute approximate surface area is 99.2 Å². The zero-order valence-corrected chi connectivity index (χ0v) is 10.5. The van der Waals surface area contributed by atoms with E-state index in [0.29, 0.717) is 5.75 Å². The van der Waals surface area contributed by atoms with Crippen molar-refractivity contribution in [1.82, 2.24) is 19.7 Å². The summed E-state index contributed by atoms with van der Waals surface area (Å²) in [5.74, 6) is 1.55. The summed E-state index contributed by atoms with van der Waals surface area (Å²) in [4.78, 5) is 13.7. The van der Waals surface area contributed by atoms with Crippen LogP contribution in [0.15, 0.2) is 5.16 Å². The van der Waals surface area contributed by atoms with Crippen molar-refractivity contribution in [3.8, 4) is 0 Å². The molecule has 1 aliphatic rings. The lowest BCUT2D eigenvalue weighted by molar-refractivity contribution is -0.127. The normalized spacial score (nSPS) is 15.8. The molecule has 5 nitrogen and oxygen atoms in total. The highest BCUT2D eigenvalue weighted by atomic mass is 32.2. The number of thioether (sulfide) groups is 1. The number of amides is 1. The molecule has 0 aliphatic carbocycles. The predicted molar refractivity (Wildman–Crippen MR) is 62.3 cm³/mol. The van der Waals surface area contributed by atoms with E-state index in [1.54, 1.807) is 0 Å². The summed E-state index contributed by atoms with van der Waals surface area (Å²) in [6, 6.07) is 0. The number of likely N-dealkylation sites (tertiary alicyclic amines) is 1. The van der Waals surface area contributed by atoms with E-state index >= 15 is 0 Å². The van der Waals surface area contributed by atoms with Gasteiger partial charge in [0.15, 0.2) is 5.16 Å². The number of aromatic nitrogens is 3. The molecule has 0 radical (unpaired) electrons. The maximum absolute atomic E-state index is 11.8. The summed E-state index contributed by atoms with van der Waals surface area (Å²) >= 11 is 1.46. The molecule has 2 rings (SSSR count). The number of rotatable bonds is 3. The molecule has 6 heteroatoms. The maximum Gasteiger partial charge on any atom is 0.233 e. The Hall–Kier alpha value is -1.04. The van der Waals surface area contributed by atoms with Gasteiger partial charge in [-0.2, -0.15) is 0 Å². The summed E-state index contributed by atoms with van der Waals surface area (Å²) < 4.78 is 1.90. The molecule has 88 valence electrons. The average molecular weight is 240 g/mol. The van der Waals surface area contributed by atoms with Crippen molar-refractivity contribution in [3.05, 3.63) is 5.82 Å². The first kappa shape index (κ1) is 11.4. The molecule has 1 aromatic heterocycles. The first-order valence-electron chi connectivity index (χ1n) is 5.45. The van der Waals surface area contributed by atoms with Crippen LogP contribution in [0.2, 0.25) is 0 Å². The first-order valence-corrected chi connectivity index (χ1v) is 6.43. The van der Waals surface area contributed by atoms with Crippen molar-refractivity contribution in [2.24, 2.45) is 7.05 Å². The Bertz CT molecular complexity index is 384. The van der Waals surface area contributed by atoms with E-state index in [0.717, 1.165) is 36.9 Å². The maximum atomic E-state index is 11.8. The van der Waals surface area contributed by atoms with Gasteiger partial charge < -0.3 is 9.47 Å². The van der Waals surface area contributed by atoms with Crippen molar-refractivity contribution in [1.29, 1.82) is 0 Å². The van der Waals surface area contributed by atoms with Crippen molar-refractivity contribution < 1.29 is 4.79 Å². The fraction of sp³-hybridized carbons (Fsp3) is 0.700. The van der Waals surface area contributed by atoms with E-state index in [2.05, 4.69) is 10.2 Å². The molecule has 0 atom stereocenters. The number of hydrogen-bond donors (Lipinski definition) is 0. The number of carbonyl (C=O) groups is 1. The second kappa shape index (κ2) is 4.86. The van der Waals surface area contributed by atoms with Crippen LogP contribution >= 0.6 is 11.8 Å².